The molecule has 0 bridgehead atoms. The van der Waals surface area contributed by atoms with E-state index in [1.54, 1.807) is 37.6 Å². The third-order valence-corrected chi connectivity index (χ3v) is 2.26. The van der Waals surface area contributed by atoms with Crippen LogP contribution in [0.4, 0.5) is 0 Å². The van der Waals surface area contributed by atoms with E-state index in [-0.39, 0.29) is 6.79 Å². The van der Waals surface area contributed by atoms with Gasteiger partial charge in [0, 0.05) is 12.7 Å². The molecular weight excluding hydrogens is 220 g/mol. The lowest BCUT2D eigenvalue weighted by Gasteiger charge is -2.09. The van der Waals surface area contributed by atoms with Gasteiger partial charge in [-0.25, -0.2) is 0 Å². The Morgan fingerprint density at radius 1 is 1.35 bits per heavy atom. The van der Waals surface area contributed by atoms with E-state index in [4.69, 9.17) is 13.9 Å². The van der Waals surface area contributed by atoms with E-state index >= 15 is 0 Å². The third-order valence-electron chi connectivity index (χ3n) is 2.26. The topological polar surface area (TPSA) is 48.7 Å². The van der Waals surface area contributed by atoms with Gasteiger partial charge in [0.2, 0.25) is 0 Å². The largest absolute Gasteiger partial charge is 0.467 e. The fourth-order valence-electron chi connectivity index (χ4n) is 1.49. The van der Waals surface area contributed by atoms with E-state index in [1.807, 2.05) is 6.07 Å². The molecule has 0 aliphatic carbocycles. The Hall–Kier alpha value is -2.07. The Kier molecular flexibility index (Phi) is 3.57. The van der Waals surface area contributed by atoms with Gasteiger partial charge in [0.1, 0.15) is 17.8 Å². The van der Waals surface area contributed by atoms with Crippen molar-refractivity contribution in [3.05, 3.63) is 42.2 Å². The summed E-state index contributed by atoms with van der Waals surface area (Å²) < 4.78 is 15.6. The van der Waals surface area contributed by atoms with Gasteiger partial charge >= 0.3 is 0 Å². The highest BCUT2D eigenvalue weighted by Gasteiger charge is 2.10. The van der Waals surface area contributed by atoms with E-state index in [2.05, 4.69) is 0 Å². The number of hydrogen-bond acceptors (Lipinski definition) is 4. The molecule has 88 valence electrons. The molecule has 0 fully saturated rings. The van der Waals surface area contributed by atoms with Crippen molar-refractivity contribution in [3.8, 4) is 17.1 Å². The predicted molar refractivity (Wildman–Crippen MR) is 62.0 cm³/mol. The Morgan fingerprint density at radius 3 is 2.88 bits per heavy atom. The number of carbonyl (C=O) groups excluding carboxylic acids is 1. The Labute approximate surface area is 98.8 Å². The van der Waals surface area contributed by atoms with Gasteiger partial charge in [-0.1, -0.05) is 0 Å². The molecule has 0 saturated carbocycles. The monoisotopic (exact) mass is 232 g/mol. The lowest BCUT2D eigenvalue weighted by atomic mass is 10.1. The normalized spacial score (nSPS) is 10.2. The molecule has 1 aromatic carbocycles. The van der Waals surface area contributed by atoms with Gasteiger partial charge in [-0.2, -0.15) is 0 Å². The van der Waals surface area contributed by atoms with Crippen molar-refractivity contribution in [1.82, 2.24) is 0 Å². The van der Waals surface area contributed by atoms with Crippen molar-refractivity contribution < 1.29 is 18.7 Å². The van der Waals surface area contributed by atoms with Crippen LogP contribution >= 0.6 is 0 Å². The van der Waals surface area contributed by atoms with Crippen LogP contribution in [0.2, 0.25) is 0 Å². The van der Waals surface area contributed by atoms with Gasteiger partial charge < -0.3 is 13.9 Å². The maximum atomic E-state index is 10.8. The van der Waals surface area contributed by atoms with Crippen molar-refractivity contribution in [3.63, 3.8) is 0 Å². The molecular formula is C13H12O4. The lowest BCUT2D eigenvalue weighted by Crippen LogP contribution is -2.00. The zero-order chi connectivity index (χ0) is 12.1. The average molecular weight is 232 g/mol. The molecule has 2 rings (SSSR count). The second kappa shape index (κ2) is 5.32. The molecule has 4 nitrogen and oxygen atoms in total. The molecule has 0 amide bonds. The second-order valence-electron chi connectivity index (χ2n) is 3.40. The summed E-state index contributed by atoms with van der Waals surface area (Å²) in [4.78, 5) is 10.8. The zero-order valence-corrected chi connectivity index (χ0v) is 9.38. The van der Waals surface area contributed by atoms with Crippen LogP contribution in [0.25, 0.3) is 11.3 Å². The van der Waals surface area contributed by atoms with Gasteiger partial charge in [0.25, 0.3) is 0 Å². The summed E-state index contributed by atoms with van der Waals surface area (Å²) in [6.45, 7) is 0.147. The van der Waals surface area contributed by atoms with Crippen LogP contribution in [0.3, 0.4) is 0 Å². The molecule has 4 heteroatoms. The van der Waals surface area contributed by atoms with Crippen molar-refractivity contribution in [2.24, 2.45) is 0 Å². The second-order valence-corrected chi connectivity index (χ2v) is 3.40. The Balaban J connectivity index is 2.41. The number of hydrogen-bond donors (Lipinski definition) is 0. The smallest absolute Gasteiger partial charge is 0.188 e. The molecule has 17 heavy (non-hydrogen) atoms. The number of benzene rings is 1. The van der Waals surface area contributed by atoms with Crippen molar-refractivity contribution >= 4 is 6.29 Å². The summed E-state index contributed by atoms with van der Waals surface area (Å²) in [5.41, 5.74) is 1.30. The molecule has 0 radical (unpaired) electrons. The van der Waals surface area contributed by atoms with Crippen LogP contribution < -0.4 is 4.74 Å². The molecule has 0 spiro atoms. The minimum atomic E-state index is 0.147. The highest BCUT2D eigenvalue weighted by Crippen LogP contribution is 2.31. The zero-order valence-electron chi connectivity index (χ0n) is 9.38. The molecule has 0 aliphatic heterocycles. The van der Waals surface area contributed by atoms with E-state index in [0.29, 0.717) is 17.1 Å². The molecule has 1 aromatic heterocycles. The first-order valence-electron chi connectivity index (χ1n) is 5.10. The minimum Gasteiger partial charge on any atom is -0.467 e. The first-order valence-corrected chi connectivity index (χ1v) is 5.10. The summed E-state index contributed by atoms with van der Waals surface area (Å²) in [6.07, 6.45) is 2.36. The van der Waals surface area contributed by atoms with E-state index in [0.717, 1.165) is 11.8 Å². The van der Waals surface area contributed by atoms with Gasteiger partial charge in [-0.15, -0.1) is 0 Å². The maximum absolute atomic E-state index is 10.8. The van der Waals surface area contributed by atoms with E-state index < -0.39 is 0 Å². The molecule has 0 atom stereocenters. The van der Waals surface area contributed by atoms with Crippen LogP contribution in [0, 0.1) is 0 Å². The van der Waals surface area contributed by atoms with Crippen molar-refractivity contribution in [1.29, 1.82) is 0 Å². The summed E-state index contributed by atoms with van der Waals surface area (Å²) in [5.74, 6) is 1.27. The quantitative estimate of drug-likeness (QED) is 0.587. The molecule has 0 N–H and O–H groups in total. The number of rotatable bonds is 5. The number of carbonyl (C=O) groups is 1. The average Bonchev–Trinajstić information content (AvgIpc) is 2.90. The third kappa shape index (κ3) is 2.54. The number of ether oxygens (including phenoxy) is 2. The Bertz CT molecular complexity index is 488. The van der Waals surface area contributed by atoms with Crippen molar-refractivity contribution in [2.45, 2.75) is 0 Å². The summed E-state index contributed by atoms with van der Waals surface area (Å²) in [5, 5.41) is 0. The molecule has 0 aliphatic rings. The molecule has 0 unspecified atom stereocenters. The number of aldehydes is 1. The van der Waals surface area contributed by atoms with Gasteiger partial charge in [0.05, 0.1) is 11.8 Å². The summed E-state index contributed by atoms with van der Waals surface area (Å²) in [7, 11) is 1.55. The molecule has 0 saturated heterocycles. The van der Waals surface area contributed by atoms with Gasteiger partial charge in [0.15, 0.2) is 6.79 Å². The predicted octanol–water partition coefficient (Wildman–Crippen LogP) is 2.74. The first-order chi connectivity index (χ1) is 8.35. The molecule has 2 aromatic rings. The van der Waals surface area contributed by atoms with Gasteiger partial charge in [-0.05, 0) is 30.3 Å². The maximum Gasteiger partial charge on any atom is 0.188 e. The van der Waals surface area contributed by atoms with E-state index in [9.17, 15) is 4.79 Å². The Morgan fingerprint density at radius 2 is 2.24 bits per heavy atom. The minimum absolute atomic E-state index is 0.147. The van der Waals surface area contributed by atoms with Crippen LogP contribution in [-0.4, -0.2) is 20.2 Å². The first kappa shape index (κ1) is 11.4. The lowest BCUT2D eigenvalue weighted by molar-refractivity contribution is 0.0514. The fourth-order valence-corrected chi connectivity index (χ4v) is 1.49. The van der Waals surface area contributed by atoms with Crippen LogP contribution in [0.15, 0.2) is 41.0 Å². The van der Waals surface area contributed by atoms with E-state index in [1.165, 1.54) is 0 Å². The highest BCUT2D eigenvalue weighted by atomic mass is 16.7. The van der Waals surface area contributed by atoms with Crippen molar-refractivity contribution in [2.75, 3.05) is 13.9 Å². The SMILES string of the molecule is COCOc1ccc(C=O)cc1-c1ccco1. The van der Waals surface area contributed by atoms with Crippen LogP contribution in [0.1, 0.15) is 10.4 Å². The summed E-state index contributed by atoms with van der Waals surface area (Å²) >= 11 is 0. The fraction of sp³-hybridized carbons (Fsp3) is 0.154. The molecule has 1 heterocycles. The van der Waals surface area contributed by atoms with Crippen LogP contribution in [0.5, 0.6) is 5.75 Å². The van der Waals surface area contributed by atoms with Crippen LogP contribution in [-0.2, 0) is 4.74 Å². The van der Waals surface area contributed by atoms with Gasteiger partial charge in [-0.3, -0.25) is 4.79 Å². The standard InChI is InChI=1S/C13H12O4/c1-15-9-17-13-5-4-10(8-14)7-11(13)12-3-2-6-16-12/h2-8H,9H2,1H3. The summed E-state index contributed by atoms with van der Waals surface area (Å²) in [6, 6.07) is 8.72. The highest BCUT2D eigenvalue weighted by molar-refractivity contribution is 5.80. The number of furan rings is 1. The number of methoxy groups -OCH3 is 1.